The summed E-state index contributed by atoms with van der Waals surface area (Å²) in [6.07, 6.45) is 2.47. The molecule has 0 fully saturated rings. The maximum absolute atomic E-state index is 10.5. The third kappa shape index (κ3) is 2.42. The highest BCUT2D eigenvalue weighted by Crippen LogP contribution is 2.31. The van der Waals surface area contributed by atoms with Crippen LogP contribution in [0.25, 0.3) is 0 Å². The lowest BCUT2D eigenvalue weighted by Crippen LogP contribution is -2.36. The molecule has 0 aliphatic heterocycles. The predicted octanol–water partition coefficient (Wildman–Crippen LogP) is 1.77. The highest BCUT2D eigenvalue weighted by atomic mass is 16.4. The van der Waals surface area contributed by atoms with Gasteiger partial charge in [-0.25, -0.2) is 0 Å². The first kappa shape index (κ1) is 11.1. The Balaban J connectivity index is 2.08. The summed E-state index contributed by atoms with van der Waals surface area (Å²) in [5.41, 5.74) is 1.61. The van der Waals surface area contributed by atoms with Crippen LogP contribution >= 0.6 is 0 Å². The molecule has 1 aromatic carbocycles. The average Bonchev–Trinajstić information content (AvgIpc) is 2.26. The Morgan fingerprint density at radius 2 is 2.00 bits per heavy atom. The lowest BCUT2D eigenvalue weighted by Gasteiger charge is -2.33. The molecule has 1 atom stereocenters. The standard InChI is InChI=1S/C13H16O3/c14-12(15)6-8-13(16)7-5-10-3-1-2-4-11(10)9-13/h1-4,16H,5-9H2,(H,14,15). The summed E-state index contributed by atoms with van der Waals surface area (Å²) in [5, 5.41) is 18.9. The summed E-state index contributed by atoms with van der Waals surface area (Å²) in [4.78, 5) is 10.5. The van der Waals surface area contributed by atoms with Gasteiger partial charge in [0.15, 0.2) is 0 Å². The molecule has 1 aliphatic rings. The van der Waals surface area contributed by atoms with E-state index >= 15 is 0 Å². The summed E-state index contributed by atoms with van der Waals surface area (Å²) < 4.78 is 0. The second-order valence-corrected chi connectivity index (χ2v) is 4.56. The van der Waals surface area contributed by atoms with Gasteiger partial charge < -0.3 is 10.2 Å². The summed E-state index contributed by atoms with van der Waals surface area (Å²) in [7, 11) is 0. The van der Waals surface area contributed by atoms with Gasteiger partial charge >= 0.3 is 5.97 Å². The number of aryl methyl sites for hydroxylation is 1. The Bertz CT molecular complexity index is 400. The first-order chi connectivity index (χ1) is 7.59. The largest absolute Gasteiger partial charge is 0.481 e. The van der Waals surface area contributed by atoms with E-state index in [0.29, 0.717) is 19.3 Å². The number of hydrogen-bond donors (Lipinski definition) is 2. The number of aliphatic carboxylic acids is 1. The van der Waals surface area contributed by atoms with Gasteiger partial charge in [0.2, 0.25) is 0 Å². The number of fused-ring (bicyclic) bond motifs is 1. The van der Waals surface area contributed by atoms with Gasteiger partial charge in [-0.3, -0.25) is 4.79 Å². The molecule has 86 valence electrons. The van der Waals surface area contributed by atoms with Crippen molar-refractivity contribution in [3.05, 3.63) is 35.4 Å². The van der Waals surface area contributed by atoms with Crippen LogP contribution in [0.4, 0.5) is 0 Å². The minimum Gasteiger partial charge on any atom is -0.481 e. The normalized spacial score (nSPS) is 23.8. The molecule has 0 radical (unpaired) electrons. The lowest BCUT2D eigenvalue weighted by molar-refractivity contribution is -0.138. The van der Waals surface area contributed by atoms with Gasteiger partial charge in [0.25, 0.3) is 0 Å². The zero-order chi connectivity index (χ0) is 11.6. The van der Waals surface area contributed by atoms with Gasteiger partial charge in [-0.2, -0.15) is 0 Å². The smallest absolute Gasteiger partial charge is 0.303 e. The molecule has 0 spiro atoms. The van der Waals surface area contributed by atoms with Crippen molar-refractivity contribution in [2.75, 3.05) is 0 Å². The molecule has 1 unspecified atom stereocenters. The van der Waals surface area contributed by atoms with E-state index in [1.165, 1.54) is 5.56 Å². The Morgan fingerprint density at radius 3 is 2.69 bits per heavy atom. The van der Waals surface area contributed by atoms with Crippen LogP contribution in [0.5, 0.6) is 0 Å². The number of carboxylic acid groups (broad SMARTS) is 1. The number of carboxylic acids is 1. The topological polar surface area (TPSA) is 57.5 Å². The summed E-state index contributed by atoms with van der Waals surface area (Å²) >= 11 is 0. The Kier molecular flexibility index (Phi) is 2.97. The predicted molar refractivity (Wildman–Crippen MR) is 60.3 cm³/mol. The third-order valence-electron chi connectivity index (χ3n) is 3.30. The van der Waals surface area contributed by atoms with Crippen LogP contribution < -0.4 is 0 Å². The van der Waals surface area contributed by atoms with Crippen molar-refractivity contribution in [3.63, 3.8) is 0 Å². The minimum absolute atomic E-state index is 0.0403. The lowest BCUT2D eigenvalue weighted by atomic mass is 9.78. The minimum atomic E-state index is -0.840. The van der Waals surface area contributed by atoms with Gasteiger partial charge in [-0.15, -0.1) is 0 Å². The van der Waals surface area contributed by atoms with Gasteiger partial charge in [-0.05, 0) is 30.4 Å². The van der Waals surface area contributed by atoms with E-state index in [9.17, 15) is 9.90 Å². The summed E-state index contributed by atoms with van der Waals surface area (Å²) in [5.74, 6) is -0.840. The van der Waals surface area contributed by atoms with E-state index in [4.69, 9.17) is 5.11 Å². The molecular weight excluding hydrogens is 204 g/mol. The van der Waals surface area contributed by atoms with E-state index < -0.39 is 11.6 Å². The highest BCUT2D eigenvalue weighted by molar-refractivity contribution is 5.66. The van der Waals surface area contributed by atoms with E-state index in [1.54, 1.807) is 0 Å². The fourth-order valence-corrected chi connectivity index (χ4v) is 2.34. The molecular formula is C13H16O3. The molecule has 0 bridgehead atoms. The number of benzene rings is 1. The first-order valence-electron chi connectivity index (χ1n) is 5.60. The van der Waals surface area contributed by atoms with E-state index in [-0.39, 0.29) is 6.42 Å². The molecule has 3 nitrogen and oxygen atoms in total. The quantitative estimate of drug-likeness (QED) is 0.816. The molecule has 16 heavy (non-hydrogen) atoms. The molecule has 2 N–H and O–H groups in total. The van der Waals surface area contributed by atoms with Crippen LogP contribution in [-0.2, 0) is 17.6 Å². The van der Waals surface area contributed by atoms with Crippen LogP contribution in [-0.4, -0.2) is 21.8 Å². The van der Waals surface area contributed by atoms with Crippen LogP contribution in [0.2, 0.25) is 0 Å². The molecule has 0 saturated carbocycles. The molecule has 3 heteroatoms. The monoisotopic (exact) mass is 220 g/mol. The number of aliphatic hydroxyl groups is 1. The van der Waals surface area contributed by atoms with Crippen molar-refractivity contribution in [2.24, 2.45) is 0 Å². The van der Waals surface area contributed by atoms with Crippen molar-refractivity contribution in [3.8, 4) is 0 Å². The number of carbonyl (C=O) groups is 1. The number of rotatable bonds is 3. The van der Waals surface area contributed by atoms with Crippen molar-refractivity contribution in [2.45, 2.75) is 37.7 Å². The van der Waals surface area contributed by atoms with Gasteiger partial charge in [0.05, 0.1) is 5.60 Å². The molecule has 0 saturated heterocycles. The van der Waals surface area contributed by atoms with Crippen LogP contribution in [0.1, 0.15) is 30.4 Å². The van der Waals surface area contributed by atoms with Gasteiger partial charge in [0, 0.05) is 12.8 Å². The van der Waals surface area contributed by atoms with Crippen LogP contribution in [0.3, 0.4) is 0 Å². The van der Waals surface area contributed by atoms with E-state index in [2.05, 4.69) is 6.07 Å². The van der Waals surface area contributed by atoms with Crippen LogP contribution in [0.15, 0.2) is 24.3 Å². The fraction of sp³-hybridized carbons (Fsp3) is 0.462. The Hall–Kier alpha value is -1.35. The van der Waals surface area contributed by atoms with Crippen molar-refractivity contribution >= 4 is 5.97 Å². The Labute approximate surface area is 94.7 Å². The molecule has 0 amide bonds. The van der Waals surface area contributed by atoms with E-state index in [1.807, 2.05) is 18.2 Å². The molecule has 0 aromatic heterocycles. The summed E-state index contributed by atoms with van der Waals surface area (Å²) in [6, 6.07) is 8.05. The highest BCUT2D eigenvalue weighted by Gasteiger charge is 2.32. The van der Waals surface area contributed by atoms with Crippen molar-refractivity contribution in [1.82, 2.24) is 0 Å². The Morgan fingerprint density at radius 1 is 1.31 bits per heavy atom. The molecule has 0 heterocycles. The maximum atomic E-state index is 10.5. The maximum Gasteiger partial charge on any atom is 0.303 e. The molecule has 1 aliphatic carbocycles. The zero-order valence-corrected chi connectivity index (χ0v) is 9.15. The summed E-state index contributed by atoms with van der Waals surface area (Å²) in [6.45, 7) is 0. The van der Waals surface area contributed by atoms with Crippen molar-refractivity contribution < 1.29 is 15.0 Å². The average molecular weight is 220 g/mol. The molecule has 2 rings (SSSR count). The zero-order valence-electron chi connectivity index (χ0n) is 9.15. The first-order valence-corrected chi connectivity index (χ1v) is 5.60. The van der Waals surface area contributed by atoms with Gasteiger partial charge in [-0.1, -0.05) is 24.3 Å². The van der Waals surface area contributed by atoms with Gasteiger partial charge in [0.1, 0.15) is 0 Å². The second-order valence-electron chi connectivity index (χ2n) is 4.56. The fourth-order valence-electron chi connectivity index (χ4n) is 2.34. The molecule has 1 aromatic rings. The number of hydrogen-bond acceptors (Lipinski definition) is 2. The second kappa shape index (κ2) is 4.26. The van der Waals surface area contributed by atoms with Crippen LogP contribution in [0, 0.1) is 0 Å². The third-order valence-corrected chi connectivity index (χ3v) is 3.30. The van der Waals surface area contributed by atoms with E-state index in [0.717, 1.165) is 12.0 Å². The SMILES string of the molecule is O=C(O)CCC1(O)CCc2ccccc2C1. The van der Waals surface area contributed by atoms with Crippen molar-refractivity contribution in [1.29, 1.82) is 0 Å².